The lowest BCUT2D eigenvalue weighted by Gasteiger charge is -2.05. The minimum Gasteiger partial charge on any atom is -0.323 e. The van der Waals surface area contributed by atoms with Crippen LogP contribution in [0.2, 0.25) is 0 Å². The van der Waals surface area contributed by atoms with Crippen molar-refractivity contribution in [3.05, 3.63) is 87.4 Å². The zero-order chi connectivity index (χ0) is 20.4. The van der Waals surface area contributed by atoms with Crippen molar-refractivity contribution in [1.82, 2.24) is 14.8 Å². The van der Waals surface area contributed by atoms with Gasteiger partial charge in [-0.1, -0.05) is 42.5 Å². The summed E-state index contributed by atoms with van der Waals surface area (Å²) in [5.41, 5.74) is 2.34. The van der Waals surface area contributed by atoms with E-state index >= 15 is 0 Å². The molecule has 29 heavy (non-hydrogen) atoms. The van der Waals surface area contributed by atoms with Crippen molar-refractivity contribution in [3.63, 3.8) is 0 Å². The Hall–Kier alpha value is -3.52. The predicted molar refractivity (Wildman–Crippen MR) is 111 cm³/mol. The second-order valence-electron chi connectivity index (χ2n) is 6.44. The Labute approximate surface area is 169 Å². The second kappa shape index (κ2) is 7.84. The number of amides is 1. The lowest BCUT2D eigenvalue weighted by Crippen LogP contribution is -2.22. The molecule has 2 N–H and O–H groups in total. The molecule has 2 aromatic heterocycles. The Morgan fingerprint density at radius 3 is 2.66 bits per heavy atom. The van der Waals surface area contributed by atoms with Gasteiger partial charge in [-0.15, -0.1) is 11.3 Å². The van der Waals surface area contributed by atoms with Crippen LogP contribution in [0.4, 0.5) is 10.1 Å². The molecule has 146 valence electrons. The molecular formula is C21H17FN4O2S. The van der Waals surface area contributed by atoms with Crippen molar-refractivity contribution in [1.29, 1.82) is 0 Å². The summed E-state index contributed by atoms with van der Waals surface area (Å²) in [5, 5.41) is 7.83. The van der Waals surface area contributed by atoms with E-state index in [9.17, 15) is 14.0 Å². The number of nitrogens with zero attached hydrogens (tertiary/aromatic N) is 2. The number of aromatic nitrogens is 3. The molecule has 0 bridgehead atoms. The lowest BCUT2D eigenvalue weighted by molar-refractivity contribution is -0.115. The van der Waals surface area contributed by atoms with Gasteiger partial charge in [0, 0.05) is 22.2 Å². The first-order chi connectivity index (χ1) is 14.0. The molecule has 0 fully saturated rings. The molecule has 0 unspecified atom stereocenters. The average molecular weight is 408 g/mol. The van der Waals surface area contributed by atoms with E-state index in [4.69, 9.17) is 0 Å². The number of rotatable bonds is 5. The molecule has 0 radical (unpaired) electrons. The van der Waals surface area contributed by atoms with Crippen LogP contribution in [-0.2, 0) is 11.2 Å². The van der Waals surface area contributed by atoms with E-state index in [1.165, 1.54) is 34.2 Å². The number of anilines is 1. The van der Waals surface area contributed by atoms with Crippen LogP contribution in [0.1, 0.15) is 11.3 Å². The van der Waals surface area contributed by atoms with E-state index in [0.29, 0.717) is 16.4 Å². The summed E-state index contributed by atoms with van der Waals surface area (Å²) in [6.07, 6.45) is -0.167. The molecule has 0 saturated carbocycles. The van der Waals surface area contributed by atoms with E-state index in [1.54, 1.807) is 13.0 Å². The van der Waals surface area contributed by atoms with Gasteiger partial charge in [0.05, 0.1) is 17.8 Å². The average Bonchev–Trinajstić information content (AvgIpc) is 3.31. The summed E-state index contributed by atoms with van der Waals surface area (Å²) >= 11 is 1.33. The van der Waals surface area contributed by atoms with Crippen molar-refractivity contribution < 1.29 is 9.18 Å². The van der Waals surface area contributed by atoms with Crippen LogP contribution in [0.25, 0.3) is 16.4 Å². The van der Waals surface area contributed by atoms with Gasteiger partial charge in [-0.25, -0.2) is 9.37 Å². The fraction of sp³-hybridized carbons (Fsp3) is 0.0952. The Kier molecular flexibility index (Phi) is 5.09. The monoisotopic (exact) mass is 408 g/mol. The zero-order valence-electron chi connectivity index (χ0n) is 15.5. The standard InChI is InChI=1S/C21H17FN4O2S/c1-13-15(11-19(27)23-17-10-6-5-9-16(17)22)20(28)26(25-13)21-24-18(12-29-21)14-7-3-2-4-8-14/h2-10,12,25H,11H2,1H3,(H,23,27). The molecule has 2 heterocycles. The summed E-state index contributed by atoms with van der Waals surface area (Å²) in [6, 6.07) is 15.6. The van der Waals surface area contributed by atoms with E-state index in [2.05, 4.69) is 15.4 Å². The van der Waals surface area contributed by atoms with Crippen LogP contribution in [0, 0.1) is 12.7 Å². The molecule has 0 saturated heterocycles. The fourth-order valence-corrected chi connectivity index (χ4v) is 3.74. The van der Waals surface area contributed by atoms with Crippen molar-refractivity contribution in [3.8, 4) is 16.4 Å². The highest BCUT2D eigenvalue weighted by molar-refractivity contribution is 7.12. The molecule has 6 nitrogen and oxygen atoms in total. The Balaban J connectivity index is 1.57. The van der Waals surface area contributed by atoms with E-state index < -0.39 is 11.7 Å². The number of para-hydroxylation sites is 1. The van der Waals surface area contributed by atoms with Gasteiger partial charge >= 0.3 is 0 Å². The fourth-order valence-electron chi connectivity index (χ4n) is 2.95. The van der Waals surface area contributed by atoms with Gasteiger partial charge in [0.1, 0.15) is 5.82 Å². The van der Waals surface area contributed by atoms with Crippen LogP contribution >= 0.6 is 11.3 Å². The summed E-state index contributed by atoms with van der Waals surface area (Å²) < 4.78 is 15.1. The number of H-pyrrole nitrogens is 1. The number of benzene rings is 2. The van der Waals surface area contributed by atoms with Crippen LogP contribution in [0.15, 0.2) is 64.8 Å². The molecule has 0 aliphatic rings. The minimum atomic E-state index is -0.528. The molecule has 0 aliphatic carbocycles. The summed E-state index contributed by atoms with van der Waals surface area (Å²) in [6.45, 7) is 1.72. The van der Waals surface area contributed by atoms with Crippen LogP contribution < -0.4 is 10.9 Å². The number of aryl methyl sites for hydroxylation is 1. The maximum atomic E-state index is 13.7. The molecule has 0 aliphatic heterocycles. The Bertz CT molecular complexity index is 1230. The van der Waals surface area contributed by atoms with Crippen LogP contribution in [0.5, 0.6) is 0 Å². The van der Waals surface area contributed by atoms with Gasteiger partial charge in [-0.3, -0.25) is 14.7 Å². The molecule has 1 amide bonds. The normalized spacial score (nSPS) is 10.8. The Morgan fingerprint density at radius 2 is 1.90 bits per heavy atom. The van der Waals surface area contributed by atoms with E-state index in [-0.39, 0.29) is 17.7 Å². The number of carbonyl (C=O) groups excluding carboxylic acids is 1. The van der Waals surface area contributed by atoms with Crippen molar-refractivity contribution in [2.45, 2.75) is 13.3 Å². The number of thiazole rings is 1. The van der Waals surface area contributed by atoms with Gasteiger partial charge in [0.2, 0.25) is 11.0 Å². The maximum absolute atomic E-state index is 13.7. The number of aromatic amines is 1. The first kappa shape index (κ1) is 18.8. The topological polar surface area (TPSA) is 79.8 Å². The summed E-state index contributed by atoms with van der Waals surface area (Å²) in [7, 11) is 0. The summed E-state index contributed by atoms with van der Waals surface area (Å²) in [4.78, 5) is 29.7. The SMILES string of the molecule is Cc1[nH]n(-c2nc(-c3ccccc3)cs2)c(=O)c1CC(=O)Nc1ccccc1F. The second-order valence-corrected chi connectivity index (χ2v) is 7.28. The number of halogens is 1. The molecule has 0 atom stereocenters. The van der Waals surface area contributed by atoms with E-state index in [1.807, 2.05) is 35.7 Å². The minimum absolute atomic E-state index is 0.0819. The van der Waals surface area contributed by atoms with Gasteiger partial charge in [0.15, 0.2) is 0 Å². The van der Waals surface area contributed by atoms with Gasteiger partial charge in [0.25, 0.3) is 5.56 Å². The van der Waals surface area contributed by atoms with Gasteiger partial charge in [-0.2, -0.15) is 4.68 Å². The Morgan fingerprint density at radius 1 is 1.17 bits per heavy atom. The number of hydrogen-bond donors (Lipinski definition) is 2. The van der Waals surface area contributed by atoms with E-state index in [0.717, 1.165) is 11.3 Å². The summed E-state index contributed by atoms with van der Waals surface area (Å²) in [5.74, 6) is -0.995. The molecule has 2 aromatic carbocycles. The van der Waals surface area contributed by atoms with Gasteiger partial charge in [-0.05, 0) is 19.1 Å². The number of carbonyl (C=O) groups is 1. The molecule has 8 heteroatoms. The predicted octanol–water partition coefficient (Wildman–Crippen LogP) is 3.92. The molecular weight excluding hydrogens is 391 g/mol. The van der Waals surface area contributed by atoms with Crippen molar-refractivity contribution in [2.24, 2.45) is 0 Å². The molecule has 0 spiro atoms. The number of nitrogens with one attached hydrogen (secondary N) is 2. The smallest absolute Gasteiger partial charge is 0.277 e. The molecule has 4 aromatic rings. The third kappa shape index (κ3) is 3.88. The van der Waals surface area contributed by atoms with Crippen molar-refractivity contribution >= 4 is 22.9 Å². The first-order valence-electron chi connectivity index (χ1n) is 8.89. The third-order valence-corrected chi connectivity index (χ3v) is 5.26. The zero-order valence-corrected chi connectivity index (χ0v) is 16.3. The quantitative estimate of drug-likeness (QED) is 0.525. The van der Waals surface area contributed by atoms with Crippen molar-refractivity contribution in [2.75, 3.05) is 5.32 Å². The number of hydrogen-bond acceptors (Lipinski definition) is 4. The lowest BCUT2D eigenvalue weighted by atomic mass is 10.2. The van der Waals surface area contributed by atoms with Crippen LogP contribution in [0.3, 0.4) is 0 Å². The third-order valence-electron chi connectivity index (χ3n) is 4.43. The maximum Gasteiger partial charge on any atom is 0.277 e. The highest BCUT2D eigenvalue weighted by atomic mass is 32.1. The van der Waals surface area contributed by atoms with Crippen LogP contribution in [-0.4, -0.2) is 20.7 Å². The molecule has 4 rings (SSSR count). The van der Waals surface area contributed by atoms with Gasteiger partial charge < -0.3 is 5.32 Å². The highest BCUT2D eigenvalue weighted by Crippen LogP contribution is 2.23. The highest BCUT2D eigenvalue weighted by Gasteiger charge is 2.18. The first-order valence-corrected chi connectivity index (χ1v) is 9.77. The largest absolute Gasteiger partial charge is 0.323 e.